The van der Waals surface area contributed by atoms with Crippen LogP contribution < -0.4 is 0 Å². The van der Waals surface area contributed by atoms with Crippen LogP contribution in [0.25, 0.3) is 22.3 Å². The monoisotopic (exact) mass is 380 g/mol. The van der Waals surface area contributed by atoms with Crippen LogP contribution in [0.2, 0.25) is 0 Å². The topological polar surface area (TPSA) is 63.6 Å². The van der Waals surface area contributed by atoms with E-state index in [1.807, 2.05) is 42.8 Å². The van der Waals surface area contributed by atoms with Crippen molar-refractivity contribution in [3.8, 4) is 11.4 Å². The maximum atomic E-state index is 13.1. The lowest BCUT2D eigenvalue weighted by Crippen LogP contribution is -2.05. The van der Waals surface area contributed by atoms with E-state index in [1.165, 1.54) is 23.9 Å². The Morgan fingerprint density at radius 3 is 2.67 bits per heavy atom. The van der Waals surface area contributed by atoms with Gasteiger partial charge in [0, 0.05) is 34.8 Å². The summed E-state index contributed by atoms with van der Waals surface area (Å²) in [5, 5.41) is 9.93. The van der Waals surface area contributed by atoms with Gasteiger partial charge in [-0.1, -0.05) is 30.0 Å². The van der Waals surface area contributed by atoms with E-state index in [0.29, 0.717) is 11.0 Å². The largest absolute Gasteiger partial charge is 0.358 e. The molecule has 4 aromatic rings. The average molecular weight is 380 g/mol. The molecule has 0 atom stereocenters. The molecule has 2 aromatic carbocycles. The smallest absolute Gasteiger partial charge is 0.191 e. The third-order valence-electron chi connectivity index (χ3n) is 4.44. The number of nitrogens with one attached hydrogen (secondary N) is 1. The van der Waals surface area contributed by atoms with Crippen molar-refractivity contribution in [2.24, 2.45) is 7.05 Å². The van der Waals surface area contributed by atoms with E-state index in [2.05, 4.69) is 15.2 Å². The van der Waals surface area contributed by atoms with Gasteiger partial charge in [-0.2, -0.15) is 0 Å². The summed E-state index contributed by atoms with van der Waals surface area (Å²) in [6, 6.07) is 13.9. The highest BCUT2D eigenvalue weighted by molar-refractivity contribution is 7.99. The second-order valence-corrected chi connectivity index (χ2v) is 7.20. The van der Waals surface area contributed by atoms with Crippen LogP contribution in [0.15, 0.2) is 53.7 Å². The lowest BCUT2D eigenvalue weighted by Gasteiger charge is -2.04. The van der Waals surface area contributed by atoms with Crippen LogP contribution in [0.3, 0.4) is 0 Å². The molecule has 0 aliphatic carbocycles. The van der Waals surface area contributed by atoms with Crippen molar-refractivity contribution in [2.75, 3.05) is 5.75 Å². The Morgan fingerprint density at radius 1 is 1.15 bits per heavy atom. The molecular formula is C20H17FN4OS. The number of benzene rings is 2. The number of thioether (sulfide) groups is 1. The first-order valence-corrected chi connectivity index (χ1v) is 9.42. The molecule has 27 heavy (non-hydrogen) atoms. The molecule has 2 aromatic heterocycles. The van der Waals surface area contributed by atoms with Crippen LogP contribution in [-0.4, -0.2) is 31.3 Å². The van der Waals surface area contributed by atoms with Crippen LogP contribution in [0.5, 0.6) is 0 Å². The normalized spacial score (nSPS) is 11.2. The van der Waals surface area contributed by atoms with E-state index < -0.39 is 0 Å². The zero-order valence-corrected chi connectivity index (χ0v) is 15.7. The fourth-order valence-electron chi connectivity index (χ4n) is 3.13. The number of hydrogen-bond donors (Lipinski definition) is 1. The fraction of sp³-hybridized carbons (Fsp3) is 0.150. The van der Waals surface area contributed by atoms with Gasteiger partial charge in [-0.05, 0) is 37.3 Å². The minimum atomic E-state index is -0.296. The van der Waals surface area contributed by atoms with E-state index >= 15 is 0 Å². The summed E-state index contributed by atoms with van der Waals surface area (Å²) in [4.78, 5) is 16.1. The lowest BCUT2D eigenvalue weighted by molar-refractivity contribution is 0.102. The van der Waals surface area contributed by atoms with Crippen molar-refractivity contribution < 1.29 is 9.18 Å². The first-order chi connectivity index (χ1) is 13.0. The molecule has 0 spiro atoms. The van der Waals surface area contributed by atoms with Gasteiger partial charge in [-0.3, -0.25) is 4.79 Å². The number of fused-ring (bicyclic) bond motifs is 1. The van der Waals surface area contributed by atoms with E-state index in [1.54, 1.807) is 12.1 Å². The lowest BCUT2D eigenvalue weighted by atomic mass is 10.1. The Kier molecular flexibility index (Phi) is 4.53. The quantitative estimate of drug-likeness (QED) is 0.412. The number of nitrogens with zero attached hydrogens (tertiary/aromatic N) is 3. The number of aryl methyl sites for hydroxylation is 1. The highest BCUT2D eigenvalue weighted by atomic mass is 32.2. The molecule has 136 valence electrons. The SMILES string of the molecule is Cc1[nH]c2ccccc2c1C(=O)CSc1nnc(-c2ccc(F)cc2)n1C. The van der Waals surface area contributed by atoms with Crippen molar-refractivity contribution in [1.29, 1.82) is 0 Å². The third-order valence-corrected chi connectivity index (χ3v) is 5.46. The van der Waals surface area contributed by atoms with Crippen LogP contribution in [-0.2, 0) is 7.05 Å². The van der Waals surface area contributed by atoms with E-state index in [0.717, 1.165) is 27.7 Å². The van der Waals surface area contributed by atoms with Gasteiger partial charge < -0.3 is 9.55 Å². The molecule has 7 heteroatoms. The molecule has 0 aliphatic rings. The Bertz CT molecular complexity index is 1130. The minimum Gasteiger partial charge on any atom is -0.358 e. The molecule has 0 unspecified atom stereocenters. The molecule has 0 amide bonds. The van der Waals surface area contributed by atoms with Gasteiger partial charge in [0.1, 0.15) is 5.82 Å². The highest BCUT2D eigenvalue weighted by Crippen LogP contribution is 2.26. The van der Waals surface area contributed by atoms with Crippen molar-refractivity contribution in [1.82, 2.24) is 19.7 Å². The Hall–Kier alpha value is -2.93. The molecule has 0 radical (unpaired) electrons. The third kappa shape index (κ3) is 3.26. The first kappa shape index (κ1) is 17.5. The number of rotatable bonds is 5. The zero-order valence-electron chi connectivity index (χ0n) is 14.9. The summed E-state index contributed by atoms with van der Waals surface area (Å²) in [5.41, 5.74) is 3.32. The Morgan fingerprint density at radius 2 is 1.89 bits per heavy atom. The molecular weight excluding hydrogens is 363 g/mol. The summed E-state index contributed by atoms with van der Waals surface area (Å²) in [6.45, 7) is 1.91. The van der Waals surface area contributed by atoms with Gasteiger partial charge in [0.2, 0.25) is 0 Å². The van der Waals surface area contributed by atoms with Crippen molar-refractivity contribution in [2.45, 2.75) is 12.1 Å². The number of H-pyrrole nitrogens is 1. The number of para-hydroxylation sites is 1. The molecule has 1 N–H and O–H groups in total. The summed E-state index contributed by atoms with van der Waals surface area (Å²) >= 11 is 1.34. The molecule has 0 bridgehead atoms. The van der Waals surface area contributed by atoms with Crippen LogP contribution in [0.1, 0.15) is 16.1 Å². The van der Waals surface area contributed by atoms with Gasteiger partial charge in [0.15, 0.2) is 16.8 Å². The molecule has 0 aliphatic heterocycles. The number of carbonyl (C=O) groups is 1. The molecule has 0 saturated heterocycles. The van der Waals surface area contributed by atoms with Gasteiger partial charge in [-0.25, -0.2) is 4.39 Å². The number of aromatic nitrogens is 4. The molecule has 0 saturated carbocycles. The van der Waals surface area contributed by atoms with Gasteiger partial charge in [0.05, 0.1) is 5.75 Å². The van der Waals surface area contributed by atoms with E-state index in [9.17, 15) is 9.18 Å². The maximum absolute atomic E-state index is 13.1. The summed E-state index contributed by atoms with van der Waals surface area (Å²) in [7, 11) is 1.84. The van der Waals surface area contributed by atoms with Crippen LogP contribution in [0, 0.1) is 12.7 Å². The van der Waals surface area contributed by atoms with Gasteiger partial charge in [-0.15, -0.1) is 10.2 Å². The first-order valence-electron chi connectivity index (χ1n) is 8.43. The van der Waals surface area contributed by atoms with E-state index in [-0.39, 0.29) is 17.4 Å². The van der Waals surface area contributed by atoms with Gasteiger partial charge in [0.25, 0.3) is 0 Å². The second kappa shape index (κ2) is 7.00. The number of ketones is 1. The summed E-state index contributed by atoms with van der Waals surface area (Å²) < 4.78 is 14.9. The molecule has 2 heterocycles. The predicted molar refractivity (Wildman–Crippen MR) is 104 cm³/mol. The summed E-state index contributed by atoms with van der Waals surface area (Å²) in [5.74, 6) is 0.641. The summed E-state index contributed by atoms with van der Waals surface area (Å²) in [6.07, 6.45) is 0. The fourth-order valence-corrected chi connectivity index (χ4v) is 3.91. The van der Waals surface area contributed by atoms with Crippen molar-refractivity contribution in [3.63, 3.8) is 0 Å². The molecule has 4 rings (SSSR count). The van der Waals surface area contributed by atoms with Crippen molar-refractivity contribution >= 4 is 28.4 Å². The number of Topliss-reactive ketones (excluding diaryl/α,β-unsaturated/α-hetero) is 1. The average Bonchev–Trinajstić information content (AvgIpc) is 3.19. The zero-order chi connectivity index (χ0) is 19.0. The number of halogens is 1. The van der Waals surface area contributed by atoms with Gasteiger partial charge >= 0.3 is 0 Å². The highest BCUT2D eigenvalue weighted by Gasteiger charge is 2.18. The van der Waals surface area contributed by atoms with Crippen LogP contribution in [0.4, 0.5) is 4.39 Å². The number of aromatic amines is 1. The Balaban J connectivity index is 1.54. The van der Waals surface area contributed by atoms with Crippen molar-refractivity contribution in [3.05, 3.63) is 65.6 Å². The predicted octanol–water partition coefficient (Wildman–Crippen LogP) is 4.39. The number of hydrogen-bond acceptors (Lipinski definition) is 4. The number of carbonyl (C=O) groups excluding carboxylic acids is 1. The molecule has 0 fully saturated rings. The van der Waals surface area contributed by atoms with Crippen LogP contribution >= 0.6 is 11.8 Å². The molecule has 5 nitrogen and oxygen atoms in total. The Labute approximate surface area is 159 Å². The standard InChI is InChI=1S/C20H17FN4OS/c1-12-18(15-5-3-4-6-16(15)22-12)17(26)11-27-20-24-23-19(25(20)2)13-7-9-14(21)10-8-13/h3-10,22H,11H2,1-2H3. The second-order valence-electron chi connectivity index (χ2n) is 6.25. The van der Waals surface area contributed by atoms with E-state index in [4.69, 9.17) is 0 Å². The minimum absolute atomic E-state index is 0.0429. The maximum Gasteiger partial charge on any atom is 0.191 e.